The van der Waals surface area contributed by atoms with E-state index in [9.17, 15) is 4.79 Å². The van der Waals surface area contributed by atoms with Crippen LogP contribution in [-0.4, -0.2) is 5.78 Å². The monoisotopic (exact) mass is 154 g/mol. The van der Waals surface area contributed by atoms with Crippen molar-refractivity contribution in [3.63, 3.8) is 0 Å². The highest BCUT2D eigenvalue weighted by Gasteiger charge is 2.23. The van der Waals surface area contributed by atoms with E-state index in [1.54, 1.807) is 0 Å². The van der Waals surface area contributed by atoms with Gasteiger partial charge >= 0.3 is 0 Å². The van der Waals surface area contributed by atoms with Gasteiger partial charge in [-0.2, -0.15) is 0 Å². The lowest BCUT2D eigenvalue weighted by Gasteiger charge is -2.25. The Hall–Kier alpha value is -0.330. The molecule has 0 amide bonds. The highest BCUT2D eigenvalue weighted by molar-refractivity contribution is 5.79. The van der Waals surface area contributed by atoms with Gasteiger partial charge in [-0.3, -0.25) is 4.79 Å². The molecule has 1 aliphatic carbocycles. The molecule has 0 bridgehead atoms. The molecule has 1 nitrogen and oxygen atoms in total. The number of hydrogen-bond donors (Lipinski definition) is 0. The van der Waals surface area contributed by atoms with Crippen molar-refractivity contribution in [1.82, 2.24) is 0 Å². The minimum atomic E-state index is 0.488. The summed E-state index contributed by atoms with van der Waals surface area (Å²) in [6.45, 7) is 4.39. The summed E-state index contributed by atoms with van der Waals surface area (Å²) in [5.74, 6) is 1.84. The Balaban J connectivity index is 2.36. The van der Waals surface area contributed by atoms with Crippen LogP contribution in [0.1, 0.15) is 46.0 Å². The van der Waals surface area contributed by atoms with Gasteiger partial charge in [-0.15, -0.1) is 0 Å². The molecule has 0 aromatic carbocycles. The Bertz CT molecular complexity index is 140. The molecule has 0 aliphatic heterocycles. The first kappa shape index (κ1) is 8.76. The predicted molar refractivity (Wildman–Crippen MR) is 46.4 cm³/mol. The molecule has 0 aromatic heterocycles. The molecule has 0 aromatic rings. The predicted octanol–water partition coefficient (Wildman–Crippen LogP) is 2.79. The number of ketones is 1. The fraction of sp³-hybridized carbons (Fsp3) is 0.900. The average Bonchev–Trinajstić information content (AvgIpc) is 1.85. The van der Waals surface area contributed by atoms with Crippen LogP contribution < -0.4 is 0 Å². The lowest BCUT2D eigenvalue weighted by Crippen LogP contribution is -2.20. The lowest BCUT2D eigenvalue weighted by atomic mass is 9.80. The second-order valence-corrected chi connectivity index (χ2v) is 3.94. The molecule has 0 saturated heterocycles. The Morgan fingerprint density at radius 1 is 1.45 bits per heavy atom. The van der Waals surface area contributed by atoms with Gasteiger partial charge in [-0.25, -0.2) is 0 Å². The minimum absolute atomic E-state index is 0.488. The van der Waals surface area contributed by atoms with Crippen LogP contribution >= 0.6 is 0 Å². The second-order valence-electron chi connectivity index (χ2n) is 3.94. The van der Waals surface area contributed by atoms with Crippen LogP contribution in [-0.2, 0) is 4.79 Å². The van der Waals surface area contributed by atoms with Crippen molar-refractivity contribution < 1.29 is 4.79 Å². The second kappa shape index (κ2) is 3.89. The van der Waals surface area contributed by atoms with E-state index in [-0.39, 0.29) is 0 Å². The molecule has 1 saturated carbocycles. The Kier molecular flexibility index (Phi) is 3.10. The maximum absolute atomic E-state index is 11.2. The molecule has 0 radical (unpaired) electrons. The topological polar surface area (TPSA) is 17.1 Å². The van der Waals surface area contributed by atoms with Gasteiger partial charge in [0.1, 0.15) is 5.78 Å². The first-order chi connectivity index (χ1) is 5.22. The molecule has 1 rings (SSSR count). The van der Waals surface area contributed by atoms with Crippen LogP contribution in [0.15, 0.2) is 0 Å². The SMILES string of the molecule is CCCC1CC(=O)CC(C)C1. The molecule has 64 valence electrons. The van der Waals surface area contributed by atoms with E-state index < -0.39 is 0 Å². The Morgan fingerprint density at radius 3 is 2.73 bits per heavy atom. The van der Waals surface area contributed by atoms with Gasteiger partial charge in [0.15, 0.2) is 0 Å². The smallest absolute Gasteiger partial charge is 0.133 e. The molecule has 0 N–H and O–H groups in total. The molecular weight excluding hydrogens is 136 g/mol. The summed E-state index contributed by atoms with van der Waals surface area (Å²) < 4.78 is 0. The summed E-state index contributed by atoms with van der Waals surface area (Å²) >= 11 is 0. The van der Waals surface area contributed by atoms with Gasteiger partial charge in [0.05, 0.1) is 0 Å². The highest BCUT2D eigenvalue weighted by atomic mass is 16.1. The van der Waals surface area contributed by atoms with Crippen molar-refractivity contribution in [2.24, 2.45) is 11.8 Å². The van der Waals surface area contributed by atoms with Gasteiger partial charge in [0, 0.05) is 12.8 Å². The summed E-state index contributed by atoms with van der Waals surface area (Å²) in [5, 5.41) is 0. The third-order valence-electron chi connectivity index (χ3n) is 2.53. The molecule has 1 fully saturated rings. The fourth-order valence-corrected chi connectivity index (χ4v) is 2.16. The molecule has 0 heterocycles. The third kappa shape index (κ3) is 2.64. The maximum atomic E-state index is 11.2. The molecule has 2 unspecified atom stereocenters. The average molecular weight is 154 g/mol. The largest absolute Gasteiger partial charge is 0.300 e. The summed E-state index contributed by atoms with van der Waals surface area (Å²) in [6, 6.07) is 0. The quantitative estimate of drug-likeness (QED) is 0.597. The molecule has 2 atom stereocenters. The van der Waals surface area contributed by atoms with E-state index in [1.807, 2.05) is 0 Å². The molecule has 1 heteroatoms. The number of rotatable bonds is 2. The van der Waals surface area contributed by atoms with Crippen LogP contribution in [0.2, 0.25) is 0 Å². The summed E-state index contributed by atoms with van der Waals surface area (Å²) in [7, 11) is 0. The highest BCUT2D eigenvalue weighted by Crippen LogP contribution is 2.29. The van der Waals surface area contributed by atoms with E-state index in [0.717, 1.165) is 12.8 Å². The van der Waals surface area contributed by atoms with Crippen molar-refractivity contribution in [2.75, 3.05) is 0 Å². The zero-order chi connectivity index (χ0) is 8.27. The standard InChI is InChI=1S/C10H18O/c1-3-4-9-5-8(2)6-10(11)7-9/h8-9H,3-7H2,1-2H3. The van der Waals surface area contributed by atoms with Crippen LogP contribution in [0, 0.1) is 11.8 Å². The first-order valence-electron chi connectivity index (χ1n) is 4.74. The van der Waals surface area contributed by atoms with Crippen LogP contribution in [0.25, 0.3) is 0 Å². The van der Waals surface area contributed by atoms with Crippen LogP contribution in [0.5, 0.6) is 0 Å². The maximum Gasteiger partial charge on any atom is 0.133 e. The van der Waals surface area contributed by atoms with E-state index in [4.69, 9.17) is 0 Å². The van der Waals surface area contributed by atoms with Gasteiger partial charge in [-0.1, -0.05) is 26.7 Å². The number of carbonyl (C=O) groups is 1. The van der Waals surface area contributed by atoms with E-state index in [0.29, 0.717) is 17.6 Å². The molecular formula is C10H18O. The van der Waals surface area contributed by atoms with Crippen molar-refractivity contribution in [3.05, 3.63) is 0 Å². The van der Waals surface area contributed by atoms with Gasteiger partial charge < -0.3 is 0 Å². The number of Topliss-reactive ketones (excluding diaryl/α,β-unsaturated/α-hetero) is 1. The van der Waals surface area contributed by atoms with Crippen molar-refractivity contribution in [3.8, 4) is 0 Å². The van der Waals surface area contributed by atoms with Gasteiger partial charge in [0.2, 0.25) is 0 Å². The molecule has 11 heavy (non-hydrogen) atoms. The van der Waals surface area contributed by atoms with Gasteiger partial charge in [0.25, 0.3) is 0 Å². The first-order valence-corrected chi connectivity index (χ1v) is 4.74. The zero-order valence-electron chi connectivity index (χ0n) is 7.60. The van der Waals surface area contributed by atoms with Crippen molar-refractivity contribution in [1.29, 1.82) is 0 Å². The summed E-state index contributed by atoms with van der Waals surface area (Å²) in [4.78, 5) is 11.2. The number of hydrogen-bond acceptors (Lipinski definition) is 1. The van der Waals surface area contributed by atoms with Crippen molar-refractivity contribution >= 4 is 5.78 Å². The summed E-state index contributed by atoms with van der Waals surface area (Å²) in [5.41, 5.74) is 0. The summed E-state index contributed by atoms with van der Waals surface area (Å²) in [6.07, 6.45) is 5.44. The fourth-order valence-electron chi connectivity index (χ4n) is 2.16. The van der Waals surface area contributed by atoms with Crippen LogP contribution in [0.3, 0.4) is 0 Å². The Labute approximate surface area is 69.2 Å². The normalized spacial score (nSPS) is 32.4. The number of carbonyl (C=O) groups excluding carboxylic acids is 1. The third-order valence-corrected chi connectivity index (χ3v) is 2.53. The van der Waals surface area contributed by atoms with Gasteiger partial charge in [-0.05, 0) is 18.3 Å². The lowest BCUT2D eigenvalue weighted by molar-refractivity contribution is -0.122. The molecule has 1 aliphatic rings. The zero-order valence-corrected chi connectivity index (χ0v) is 7.60. The van der Waals surface area contributed by atoms with E-state index >= 15 is 0 Å². The van der Waals surface area contributed by atoms with Crippen molar-refractivity contribution in [2.45, 2.75) is 46.0 Å². The molecule has 0 spiro atoms. The Morgan fingerprint density at radius 2 is 2.18 bits per heavy atom. The van der Waals surface area contributed by atoms with E-state index in [2.05, 4.69) is 13.8 Å². The van der Waals surface area contributed by atoms with E-state index in [1.165, 1.54) is 19.3 Å². The minimum Gasteiger partial charge on any atom is -0.300 e. The van der Waals surface area contributed by atoms with Crippen LogP contribution in [0.4, 0.5) is 0 Å².